The molecule has 0 saturated heterocycles. The number of benzene rings is 1. The van der Waals surface area contributed by atoms with Gasteiger partial charge in [0, 0.05) is 17.1 Å². The van der Waals surface area contributed by atoms with E-state index in [2.05, 4.69) is 5.32 Å². The molecule has 1 atom stereocenters. The van der Waals surface area contributed by atoms with Gasteiger partial charge in [0.05, 0.1) is 6.61 Å². The largest absolute Gasteiger partial charge is 0.464 e. The van der Waals surface area contributed by atoms with Crippen molar-refractivity contribution in [3.63, 3.8) is 0 Å². The third-order valence-corrected chi connectivity index (χ3v) is 3.01. The van der Waals surface area contributed by atoms with Crippen LogP contribution in [0.3, 0.4) is 0 Å². The molecule has 1 unspecified atom stereocenters. The van der Waals surface area contributed by atoms with E-state index in [0.717, 1.165) is 5.56 Å². The number of esters is 1. The molecule has 90 valence electrons. The maximum absolute atomic E-state index is 12.1. The lowest BCUT2D eigenvalue weighted by molar-refractivity contribution is -0.144. The van der Waals surface area contributed by atoms with Crippen LogP contribution in [0.15, 0.2) is 18.2 Å². The number of ether oxygens (including phenoxy) is 1. The SMILES string of the molecule is CCOC(=O)C1NCc2c(Cl)cccc2C1=O. The van der Waals surface area contributed by atoms with Gasteiger partial charge in [0.15, 0.2) is 11.8 Å². The quantitative estimate of drug-likeness (QED) is 0.642. The number of hydrogen-bond acceptors (Lipinski definition) is 4. The molecular weight excluding hydrogens is 242 g/mol. The number of ketones is 1. The van der Waals surface area contributed by atoms with E-state index in [1.165, 1.54) is 0 Å². The minimum Gasteiger partial charge on any atom is -0.464 e. The van der Waals surface area contributed by atoms with Crippen LogP contribution in [0.5, 0.6) is 0 Å². The molecule has 1 aromatic rings. The monoisotopic (exact) mass is 253 g/mol. The number of rotatable bonds is 2. The zero-order valence-electron chi connectivity index (χ0n) is 9.33. The van der Waals surface area contributed by atoms with Gasteiger partial charge in [-0.15, -0.1) is 0 Å². The number of hydrogen-bond donors (Lipinski definition) is 1. The first kappa shape index (κ1) is 12.1. The number of carbonyl (C=O) groups excluding carboxylic acids is 2. The highest BCUT2D eigenvalue weighted by molar-refractivity contribution is 6.32. The van der Waals surface area contributed by atoms with Gasteiger partial charge in [-0.25, -0.2) is 4.79 Å². The van der Waals surface area contributed by atoms with E-state index in [0.29, 0.717) is 17.1 Å². The molecule has 0 amide bonds. The molecule has 1 N–H and O–H groups in total. The van der Waals surface area contributed by atoms with E-state index in [9.17, 15) is 9.59 Å². The van der Waals surface area contributed by atoms with Gasteiger partial charge in [0.1, 0.15) is 0 Å². The van der Waals surface area contributed by atoms with Crippen LogP contribution in [0.4, 0.5) is 0 Å². The van der Waals surface area contributed by atoms with Crippen molar-refractivity contribution in [2.24, 2.45) is 0 Å². The first-order chi connectivity index (χ1) is 8.15. The summed E-state index contributed by atoms with van der Waals surface area (Å²) < 4.78 is 4.84. The molecule has 0 spiro atoms. The van der Waals surface area contributed by atoms with Crippen molar-refractivity contribution in [3.8, 4) is 0 Å². The van der Waals surface area contributed by atoms with Crippen molar-refractivity contribution < 1.29 is 14.3 Å². The zero-order chi connectivity index (χ0) is 12.4. The van der Waals surface area contributed by atoms with Crippen molar-refractivity contribution in [1.29, 1.82) is 0 Å². The Morgan fingerprint density at radius 1 is 1.59 bits per heavy atom. The van der Waals surface area contributed by atoms with Gasteiger partial charge < -0.3 is 4.74 Å². The molecule has 0 saturated carbocycles. The third-order valence-electron chi connectivity index (χ3n) is 2.65. The van der Waals surface area contributed by atoms with Gasteiger partial charge in [-0.2, -0.15) is 0 Å². The standard InChI is InChI=1S/C12H12ClNO3/c1-2-17-12(16)10-11(15)7-4-3-5-9(13)8(7)6-14-10/h3-5,10,14H,2,6H2,1H3. The molecule has 1 aromatic carbocycles. The van der Waals surface area contributed by atoms with Crippen LogP contribution in [-0.2, 0) is 16.1 Å². The molecule has 0 bridgehead atoms. The number of halogens is 1. The van der Waals surface area contributed by atoms with Crippen molar-refractivity contribution >= 4 is 23.4 Å². The molecule has 0 radical (unpaired) electrons. The lowest BCUT2D eigenvalue weighted by Crippen LogP contribution is -2.47. The molecule has 0 aromatic heterocycles. The fourth-order valence-electron chi connectivity index (χ4n) is 1.84. The molecule has 4 nitrogen and oxygen atoms in total. The van der Waals surface area contributed by atoms with Gasteiger partial charge in [0.2, 0.25) is 0 Å². The Hall–Kier alpha value is -1.39. The van der Waals surface area contributed by atoms with Crippen molar-refractivity contribution in [2.75, 3.05) is 6.61 Å². The molecule has 5 heteroatoms. The summed E-state index contributed by atoms with van der Waals surface area (Å²) in [7, 11) is 0. The predicted octanol–water partition coefficient (Wildman–Crippen LogP) is 1.56. The van der Waals surface area contributed by atoms with Crippen LogP contribution in [0, 0.1) is 0 Å². The predicted molar refractivity (Wildman–Crippen MR) is 63.0 cm³/mol. The van der Waals surface area contributed by atoms with Crippen LogP contribution in [0.2, 0.25) is 5.02 Å². The topological polar surface area (TPSA) is 55.4 Å². The van der Waals surface area contributed by atoms with E-state index in [-0.39, 0.29) is 12.4 Å². The molecule has 1 aliphatic heterocycles. The highest BCUT2D eigenvalue weighted by atomic mass is 35.5. The van der Waals surface area contributed by atoms with E-state index in [1.807, 2.05) is 0 Å². The smallest absolute Gasteiger partial charge is 0.331 e. The Bertz CT molecular complexity index is 473. The summed E-state index contributed by atoms with van der Waals surface area (Å²) in [6.07, 6.45) is 0. The molecule has 0 aliphatic carbocycles. The van der Waals surface area contributed by atoms with Crippen molar-refractivity contribution in [2.45, 2.75) is 19.5 Å². The second-order valence-electron chi connectivity index (χ2n) is 3.70. The third kappa shape index (κ3) is 2.18. The Morgan fingerprint density at radius 2 is 2.35 bits per heavy atom. The average Bonchev–Trinajstić information content (AvgIpc) is 2.31. The highest BCUT2D eigenvalue weighted by Gasteiger charge is 2.34. The summed E-state index contributed by atoms with van der Waals surface area (Å²) in [5.41, 5.74) is 1.23. The maximum atomic E-state index is 12.1. The summed E-state index contributed by atoms with van der Waals surface area (Å²) in [6, 6.07) is 4.18. The number of nitrogens with one attached hydrogen (secondary N) is 1. The van der Waals surface area contributed by atoms with E-state index >= 15 is 0 Å². The number of Topliss-reactive ketones (excluding diaryl/α,β-unsaturated/α-hetero) is 1. The molecule has 17 heavy (non-hydrogen) atoms. The Kier molecular flexibility index (Phi) is 3.45. The Morgan fingerprint density at radius 3 is 3.06 bits per heavy atom. The zero-order valence-corrected chi connectivity index (χ0v) is 10.1. The lowest BCUT2D eigenvalue weighted by Gasteiger charge is -2.23. The van der Waals surface area contributed by atoms with Gasteiger partial charge >= 0.3 is 5.97 Å². The summed E-state index contributed by atoms with van der Waals surface area (Å²) >= 11 is 5.99. The van der Waals surface area contributed by atoms with E-state index in [1.54, 1.807) is 25.1 Å². The normalized spacial score (nSPS) is 18.7. The first-order valence-corrected chi connectivity index (χ1v) is 5.74. The van der Waals surface area contributed by atoms with Crippen LogP contribution in [0.1, 0.15) is 22.8 Å². The molecule has 1 aliphatic rings. The molecule has 0 fully saturated rings. The fourth-order valence-corrected chi connectivity index (χ4v) is 2.08. The minimum atomic E-state index is -0.916. The average molecular weight is 254 g/mol. The first-order valence-electron chi connectivity index (χ1n) is 5.36. The van der Waals surface area contributed by atoms with Gasteiger partial charge in [-0.05, 0) is 18.6 Å². The van der Waals surface area contributed by atoms with Gasteiger partial charge in [-0.3, -0.25) is 10.1 Å². The molecule has 2 rings (SSSR count). The number of carbonyl (C=O) groups is 2. The Balaban J connectivity index is 2.30. The lowest BCUT2D eigenvalue weighted by atomic mass is 9.94. The van der Waals surface area contributed by atoms with Gasteiger partial charge in [-0.1, -0.05) is 23.7 Å². The maximum Gasteiger partial charge on any atom is 0.331 e. The summed E-state index contributed by atoms with van der Waals surface area (Å²) in [6.45, 7) is 2.35. The summed E-state index contributed by atoms with van der Waals surface area (Å²) in [5, 5.41) is 3.37. The second kappa shape index (κ2) is 4.85. The molecular formula is C12H12ClNO3. The van der Waals surface area contributed by atoms with Crippen LogP contribution >= 0.6 is 11.6 Å². The second-order valence-corrected chi connectivity index (χ2v) is 4.10. The van der Waals surface area contributed by atoms with Gasteiger partial charge in [0.25, 0.3) is 0 Å². The fraction of sp³-hybridized carbons (Fsp3) is 0.333. The molecule has 1 heterocycles. The van der Waals surface area contributed by atoms with Crippen molar-refractivity contribution in [3.05, 3.63) is 34.3 Å². The van der Waals surface area contributed by atoms with Crippen LogP contribution < -0.4 is 5.32 Å². The van der Waals surface area contributed by atoms with Crippen LogP contribution in [-0.4, -0.2) is 24.4 Å². The summed E-state index contributed by atoms with van der Waals surface area (Å²) in [4.78, 5) is 23.6. The van der Waals surface area contributed by atoms with Crippen molar-refractivity contribution in [1.82, 2.24) is 5.32 Å². The van der Waals surface area contributed by atoms with Crippen LogP contribution in [0.25, 0.3) is 0 Å². The number of fused-ring (bicyclic) bond motifs is 1. The summed E-state index contributed by atoms with van der Waals surface area (Å²) in [5.74, 6) is -0.824. The highest BCUT2D eigenvalue weighted by Crippen LogP contribution is 2.24. The minimum absolute atomic E-state index is 0.257. The van der Waals surface area contributed by atoms with E-state index < -0.39 is 12.0 Å². The Labute approximate surface area is 104 Å². The van der Waals surface area contributed by atoms with E-state index in [4.69, 9.17) is 16.3 Å².